The van der Waals surface area contributed by atoms with Crippen LogP contribution in [0, 0.1) is 6.92 Å². The van der Waals surface area contributed by atoms with Crippen molar-refractivity contribution in [3.8, 4) is 0 Å². The maximum absolute atomic E-state index is 11.0. The van der Waals surface area contributed by atoms with Crippen molar-refractivity contribution < 1.29 is 4.79 Å². The molecular formula is C10H13NO. The summed E-state index contributed by atoms with van der Waals surface area (Å²) in [5.41, 5.74) is 7.68. The monoisotopic (exact) mass is 163 g/mol. The second-order valence-electron chi connectivity index (χ2n) is 2.94. The summed E-state index contributed by atoms with van der Waals surface area (Å²) in [6.45, 7) is 3.47. The summed E-state index contributed by atoms with van der Waals surface area (Å²) >= 11 is 0. The lowest BCUT2D eigenvalue weighted by atomic mass is 10.00. The number of ketones is 1. The number of Topliss-reactive ketones (excluding diaryl/α,β-unsaturated/α-hetero) is 1. The van der Waals surface area contributed by atoms with Crippen LogP contribution in [0.25, 0.3) is 0 Å². The zero-order valence-corrected chi connectivity index (χ0v) is 7.37. The van der Waals surface area contributed by atoms with Crippen molar-refractivity contribution in [3.05, 3.63) is 35.4 Å². The third kappa shape index (κ3) is 1.71. The lowest BCUT2D eigenvalue weighted by Crippen LogP contribution is -2.19. The van der Waals surface area contributed by atoms with Crippen LogP contribution in [0.15, 0.2) is 24.3 Å². The lowest BCUT2D eigenvalue weighted by Gasteiger charge is -2.10. The second-order valence-corrected chi connectivity index (χ2v) is 2.94. The summed E-state index contributed by atoms with van der Waals surface area (Å²) in [6, 6.07) is 7.21. The van der Waals surface area contributed by atoms with E-state index in [0.29, 0.717) is 0 Å². The average molecular weight is 163 g/mol. The molecule has 1 aromatic carbocycles. The number of nitrogens with two attached hydrogens (primary N) is 1. The first kappa shape index (κ1) is 8.94. The quantitative estimate of drug-likeness (QED) is 0.719. The highest BCUT2D eigenvalue weighted by Gasteiger charge is 2.11. The third-order valence-corrected chi connectivity index (χ3v) is 1.96. The Kier molecular flexibility index (Phi) is 2.61. The summed E-state index contributed by atoms with van der Waals surface area (Å²) < 4.78 is 0. The van der Waals surface area contributed by atoms with E-state index in [1.54, 1.807) is 0 Å². The number of benzene rings is 1. The molecule has 0 spiro atoms. The van der Waals surface area contributed by atoms with E-state index < -0.39 is 6.04 Å². The van der Waals surface area contributed by atoms with E-state index in [0.717, 1.165) is 11.1 Å². The molecule has 0 aliphatic carbocycles. The van der Waals surface area contributed by atoms with E-state index >= 15 is 0 Å². The van der Waals surface area contributed by atoms with Crippen molar-refractivity contribution >= 4 is 5.78 Å². The molecule has 0 aliphatic heterocycles. The molecule has 0 radical (unpaired) electrons. The Morgan fingerprint density at radius 3 is 2.50 bits per heavy atom. The fraction of sp³-hybridized carbons (Fsp3) is 0.300. The molecule has 0 aromatic heterocycles. The van der Waals surface area contributed by atoms with Gasteiger partial charge in [0.2, 0.25) is 0 Å². The summed E-state index contributed by atoms with van der Waals surface area (Å²) in [6.07, 6.45) is 0. The zero-order valence-electron chi connectivity index (χ0n) is 7.37. The summed E-state index contributed by atoms with van der Waals surface area (Å²) in [5, 5.41) is 0. The zero-order chi connectivity index (χ0) is 9.14. The Morgan fingerprint density at radius 2 is 2.00 bits per heavy atom. The largest absolute Gasteiger partial charge is 0.318 e. The summed E-state index contributed by atoms with van der Waals surface area (Å²) in [5.74, 6) is 0.00398. The second kappa shape index (κ2) is 3.50. The van der Waals surface area contributed by atoms with Crippen LogP contribution in [-0.4, -0.2) is 5.78 Å². The predicted molar refractivity (Wildman–Crippen MR) is 48.8 cm³/mol. The van der Waals surface area contributed by atoms with Gasteiger partial charge in [-0.25, -0.2) is 0 Å². The molecule has 1 aromatic rings. The molecule has 0 fully saturated rings. The molecule has 1 atom stereocenters. The minimum Gasteiger partial charge on any atom is -0.318 e. The van der Waals surface area contributed by atoms with Gasteiger partial charge >= 0.3 is 0 Å². The molecule has 0 heterocycles. The minimum absolute atomic E-state index is 0.00398. The third-order valence-electron chi connectivity index (χ3n) is 1.96. The Morgan fingerprint density at radius 1 is 1.42 bits per heavy atom. The van der Waals surface area contributed by atoms with Gasteiger partial charge in [0.25, 0.3) is 0 Å². The topological polar surface area (TPSA) is 43.1 Å². The maximum Gasteiger partial charge on any atom is 0.150 e. The number of carbonyl (C=O) groups excluding carboxylic acids is 1. The van der Waals surface area contributed by atoms with Crippen LogP contribution in [0.2, 0.25) is 0 Å². The molecule has 64 valence electrons. The molecule has 0 aliphatic rings. The fourth-order valence-electron chi connectivity index (χ4n) is 1.15. The van der Waals surface area contributed by atoms with Crippen LogP contribution >= 0.6 is 0 Å². The highest BCUT2D eigenvalue weighted by atomic mass is 16.1. The van der Waals surface area contributed by atoms with Gasteiger partial charge in [0.05, 0.1) is 6.04 Å². The number of carbonyl (C=O) groups is 1. The van der Waals surface area contributed by atoms with Gasteiger partial charge in [-0.2, -0.15) is 0 Å². The molecule has 1 unspecified atom stereocenters. The normalized spacial score (nSPS) is 12.6. The number of hydrogen-bond acceptors (Lipinski definition) is 2. The maximum atomic E-state index is 11.0. The highest BCUT2D eigenvalue weighted by molar-refractivity contribution is 5.82. The van der Waals surface area contributed by atoms with Crippen molar-refractivity contribution in [2.24, 2.45) is 5.73 Å². The van der Waals surface area contributed by atoms with E-state index in [9.17, 15) is 4.79 Å². The molecule has 0 bridgehead atoms. The van der Waals surface area contributed by atoms with Gasteiger partial charge < -0.3 is 5.73 Å². The molecule has 2 N–H and O–H groups in total. The van der Waals surface area contributed by atoms with Crippen LogP contribution in [0.3, 0.4) is 0 Å². The molecule has 12 heavy (non-hydrogen) atoms. The Labute approximate surface area is 72.4 Å². The smallest absolute Gasteiger partial charge is 0.150 e. The molecule has 1 rings (SSSR count). The van der Waals surface area contributed by atoms with E-state index in [-0.39, 0.29) is 5.78 Å². The molecular weight excluding hydrogens is 150 g/mol. The summed E-state index contributed by atoms with van der Waals surface area (Å²) in [4.78, 5) is 11.0. The molecule has 2 nitrogen and oxygen atoms in total. The van der Waals surface area contributed by atoms with E-state index in [4.69, 9.17) is 5.73 Å². The Bertz CT molecular complexity index is 294. The lowest BCUT2D eigenvalue weighted by molar-refractivity contribution is -0.118. The van der Waals surface area contributed by atoms with Crippen molar-refractivity contribution in [1.29, 1.82) is 0 Å². The van der Waals surface area contributed by atoms with Gasteiger partial charge in [0.15, 0.2) is 5.78 Å². The van der Waals surface area contributed by atoms with Crippen LogP contribution in [0.1, 0.15) is 24.1 Å². The number of aryl methyl sites for hydroxylation is 1. The van der Waals surface area contributed by atoms with Gasteiger partial charge in [-0.15, -0.1) is 0 Å². The van der Waals surface area contributed by atoms with Crippen molar-refractivity contribution in [3.63, 3.8) is 0 Å². The van der Waals surface area contributed by atoms with Crippen LogP contribution < -0.4 is 5.73 Å². The van der Waals surface area contributed by atoms with Crippen molar-refractivity contribution in [2.75, 3.05) is 0 Å². The van der Waals surface area contributed by atoms with Crippen LogP contribution in [0.5, 0.6) is 0 Å². The van der Waals surface area contributed by atoms with Gasteiger partial charge in [0.1, 0.15) is 0 Å². The Balaban J connectivity index is 3.02. The highest BCUT2D eigenvalue weighted by Crippen LogP contribution is 2.15. The van der Waals surface area contributed by atoms with Gasteiger partial charge in [-0.3, -0.25) is 4.79 Å². The van der Waals surface area contributed by atoms with Crippen molar-refractivity contribution in [2.45, 2.75) is 19.9 Å². The van der Waals surface area contributed by atoms with Gasteiger partial charge in [-0.1, -0.05) is 24.3 Å². The van der Waals surface area contributed by atoms with Gasteiger partial charge in [0, 0.05) is 0 Å². The fourth-order valence-corrected chi connectivity index (χ4v) is 1.15. The minimum atomic E-state index is -0.466. The Hall–Kier alpha value is -1.15. The van der Waals surface area contributed by atoms with E-state index in [1.165, 1.54) is 6.92 Å². The first-order valence-corrected chi connectivity index (χ1v) is 3.94. The SMILES string of the molecule is CC(=O)C(N)c1ccccc1C. The molecule has 0 amide bonds. The molecule has 0 saturated carbocycles. The van der Waals surface area contributed by atoms with E-state index in [1.807, 2.05) is 31.2 Å². The number of rotatable bonds is 2. The van der Waals surface area contributed by atoms with Crippen molar-refractivity contribution in [1.82, 2.24) is 0 Å². The predicted octanol–water partition coefficient (Wildman–Crippen LogP) is 1.58. The van der Waals surface area contributed by atoms with Crippen LogP contribution in [0.4, 0.5) is 0 Å². The summed E-state index contributed by atoms with van der Waals surface area (Å²) in [7, 11) is 0. The molecule has 2 heteroatoms. The molecule has 0 saturated heterocycles. The van der Waals surface area contributed by atoms with Crippen LogP contribution in [-0.2, 0) is 4.79 Å². The first-order chi connectivity index (χ1) is 5.63. The standard InChI is InChI=1S/C10H13NO/c1-7-5-3-4-6-9(7)10(11)8(2)12/h3-6,10H,11H2,1-2H3. The number of hydrogen-bond donors (Lipinski definition) is 1. The average Bonchev–Trinajstić information content (AvgIpc) is 2.04. The van der Waals surface area contributed by atoms with E-state index in [2.05, 4.69) is 0 Å². The first-order valence-electron chi connectivity index (χ1n) is 3.94. The van der Waals surface area contributed by atoms with Gasteiger partial charge in [-0.05, 0) is 25.0 Å².